The quantitative estimate of drug-likeness (QED) is 0.605. The molecule has 0 saturated heterocycles. The molecule has 2 amide bonds. The molecule has 4 rings (SSSR count). The van der Waals surface area contributed by atoms with E-state index in [2.05, 4.69) is 5.10 Å². The van der Waals surface area contributed by atoms with Crippen LogP contribution in [0.4, 0.5) is 4.39 Å². The Bertz CT molecular complexity index is 1000. The largest absolute Gasteiger partial charge is 0.383 e. The van der Waals surface area contributed by atoms with Gasteiger partial charge in [-0.2, -0.15) is 5.10 Å². The Morgan fingerprint density at radius 2 is 1.79 bits per heavy atom. The average molecular weight is 452 g/mol. The molecule has 2 aromatic carbocycles. The Kier molecular flexibility index (Phi) is 7.50. The normalized spacial score (nSPS) is 18.4. The summed E-state index contributed by atoms with van der Waals surface area (Å²) in [6, 6.07) is 15.7. The fourth-order valence-corrected chi connectivity index (χ4v) is 4.67. The zero-order chi connectivity index (χ0) is 23.2. The summed E-state index contributed by atoms with van der Waals surface area (Å²) < 4.78 is 19.7. The Morgan fingerprint density at radius 3 is 2.48 bits per heavy atom. The maximum atomic E-state index is 14.5. The lowest BCUT2D eigenvalue weighted by Gasteiger charge is -2.28. The molecule has 1 unspecified atom stereocenters. The molecule has 174 valence electrons. The van der Waals surface area contributed by atoms with Crippen molar-refractivity contribution in [3.8, 4) is 0 Å². The number of halogens is 1. The van der Waals surface area contributed by atoms with Crippen LogP contribution in [0.25, 0.3) is 0 Å². The van der Waals surface area contributed by atoms with Crippen molar-refractivity contribution >= 4 is 17.5 Å². The topological polar surface area (TPSA) is 62.2 Å². The fraction of sp³-hybridized carbons (Fsp3) is 0.423. The Balaban J connectivity index is 1.59. The first kappa shape index (κ1) is 23.1. The van der Waals surface area contributed by atoms with Crippen LogP contribution in [0, 0.1) is 11.7 Å². The van der Waals surface area contributed by atoms with E-state index in [9.17, 15) is 14.0 Å². The number of methoxy groups -OCH3 is 1. The number of hydrogen-bond donors (Lipinski definition) is 0. The van der Waals surface area contributed by atoms with E-state index in [1.807, 2.05) is 30.3 Å². The maximum Gasteiger partial charge on any atom is 0.262 e. The molecule has 0 N–H and O–H groups in total. The molecule has 1 atom stereocenters. The lowest BCUT2D eigenvalue weighted by Crippen LogP contribution is -2.44. The summed E-state index contributed by atoms with van der Waals surface area (Å²) in [6.45, 7) is 0.638. The van der Waals surface area contributed by atoms with E-state index in [0.717, 1.165) is 31.2 Å². The van der Waals surface area contributed by atoms with Gasteiger partial charge in [0, 0.05) is 31.6 Å². The molecule has 1 fully saturated rings. The summed E-state index contributed by atoms with van der Waals surface area (Å²) in [6.07, 6.45) is 4.22. The highest BCUT2D eigenvalue weighted by atomic mass is 19.1. The van der Waals surface area contributed by atoms with Gasteiger partial charge in [-0.3, -0.25) is 9.59 Å². The molecule has 1 aliphatic carbocycles. The summed E-state index contributed by atoms with van der Waals surface area (Å²) in [5.74, 6) is -0.671. The molecule has 2 aliphatic rings. The van der Waals surface area contributed by atoms with Gasteiger partial charge >= 0.3 is 0 Å². The number of carbonyl (C=O) groups is 2. The highest BCUT2D eigenvalue weighted by Crippen LogP contribution is 2.33. The molecule has 1 saturated carbocycles. The number of amides is 2. The molecule has 2 aromatic rings. The number of carbonyl (C=O) groups excluding carboxylic acids is 2. The predicted octanol–water partition coefficient (Wildman–Crippen LogP) is 4.17. The van der Waals surface area contributed by atoms with Gasteiger partial charge in [0.1, 0.15) is 12.4 Å². The Labute approximate surface area is 194 Å². The maximum absolute atomic E-state index is 14.5. The molecule has 0 bridgehead atoms. The first-order chi connectivity index (χ1) is 16.1. The first-order valence-corrected chi connectivity index (χ1v) is 11.6. The van der Waals surface area contributed by atoms with E-state index in [1.165, 1.54) is 11.1 Å². The molecule has 1 heterocycles. The summed E-state index contributed by atoms with van der Waals surface area (Å²) >= 11 is 0. The second-order valence-corrected chi connectivity index (χ2v) is 8.63. The number of hydrazone groups is 1. The van der Waals surface area contributed by atoms with Crippen LogP contribution in [-0.2, 0) is 14.3 Å². The van der Waals surface area contributed by atoms with Crippen molar-refractivity contribution in [2.45, 2.75) is 38.1 Å². The third-order valence-electron chi connectivity index (χ3n) is 6.44. The van der Waals surface area contributed by atoms with Gasteiger partial charge in [0.2, 0.25) is 5.91 Å². The standard InChI is InChI=1S/C26H30FN3O3/c1-33-16-15-29(26(32)20-11-5-6-12-20)18-25(31)30-24(19-9-3-2-4-10-19)17-23(28-30)21-13-7-8-14-22(21)27/h2-4,7-10,13-14,20,24H,5-6,11-12,15-18H2,1H3. The Morgan fingerprint density at radius 1 is 1.09 bits per heavy atom. The average Bonchev–Trinajstić information content (AvgIpc) is 3.53. The number of ether oxygens (including phenoxy) is 1. The van der Waals surface area contributed by atoms with Crippen molar-refractivity contribution in [1.82, 2.24) is 9.91 Å². The molecule has 1 aliphatic heterocycles. The highest BCUT2D eigenvalue weighted by Gasteiger charge is 2.36. The number of benzene rings is 2. The second-order valence-electron chi connectivity index (χ2n) is 8.63. The second kappa shape index (κ2) is 10.7. The van der Waals surface area contributed by atoms with E-state index in [-0.39, 0.29) is 36.1 Å². The van der Waals surface area contributed by atoms with Crippen LogP contribution in [0.5, 0.6) is 0 Å². The van der Waals surface area contributed by atoms with Gasteiger partial charge in [-0.1, -0.05) is 61.4 Å². The number of hydrogen-bond acceptors (Lipinski definition) is 4. The van der Waals surface area contributed by atoms with E-state index in [4.69, 9.17) is 4.74 Å². The van der Waals surface area contributed by atoms with Crippen LogP contribution in [-0.4, -0.2) is 54.2 Å². The fourth-order valence-electron chi connectivity index (χ4n) is 4.67. The highest BCUT2D eigenvalue weighted by molar-refractivity contribution is 6.03. The van der Waals surface area contributed by atoms with Gasteiger partial charge in [-0.05, 0) is 24.5 Å². The van der Waals surface area contributed by atoms with Gasteiger partial charge < -0.3 is 9.64 Å². The van der Waals surface area contributed by atoms with Gasteiger partial charge in [-0.25, -0.2) is 9.40 Å². The van der Waals surface area contributed by atoms with E-state index in [1.54, 1.807) is 30.2 Å². The third-order valence-corrected chi connectivity index (χ3v) is 6.44. The zero-order valence-electron chi connectivity index (χ0n) is 19.0. The van der Waals surface area contributed by atoms with E-state index in [0.29, 0.717) is 30.8 Å². The minimum Gasteiger partial charge on any atom is -0.383 e. The third kappa shape index (κ3) is 5.30. The van der Waals surface area contributed by atoms with Crippen LogP contribution in [0.2, 0.25) is 0 Å². The molecular formula is C26H30FN3O3. The number of nitrogens with zero attached hydrogens (tertiary/aromatic N) is 3. The summed E-state index contributed by atoms with van der Waals surface area (Å²) in [7, 11) is 1.58. The van der Waals surface area contributed by atoms with Crippen molar-refractivity contribution in [1.29, 1.82) is 0 Å². The molecule has 6 nitrogen and oxygen atoms in total. The Hall–Kier alpha value is -3.06. The molecule has 33 heavy (non-hydrogen) atoms. The molecular weight excluding hydrogens is 421 g/mol. The monoisotopic (exact) mass is 451 g/mol. The van der Waals surface area contributed by atoms with Crippen LogP contribution in [0.1, 0.15) is 49.3 Å². The summed E-state index contributed by atoms with van der Waals surface area (Å²) in [5, 5.41) is 5.99. The number of rotatable bonds is 8. The van der Waals surface area contributed by atoms with Gasteiger partial charge in [0.25, 0.3) is 5.91 Å². The lowest BCUT2D eigenvalue weighted by atomic mass is 9.98. The van der Waals surface area contributed by atoms with Crippen molar-refractivity contribution in [2.75, 3.05) is 26.8 Å². The summed E-state index contributed by atoms with van der Waals surface area (Å²) in [5.41, 5.74) is 1.85. The van der Waals surface area contributed by atoms with E-state index >= 15 is 0 Å². The molecule has 0 radical (unpaired) electrons. The minimum atomic E-state index is -0.365. The summed E-state index contributed by atoms with van der Waals surface area (Å²) in [4.78, 5) is 28.2. The zero-order valence-corrected chi connectivity index (χ0v) is 19.0. The van der Waals surface area contributed by atoms with Crippen molar-refractivity contribution in [2.24, 2.45) is 11.0 Å². The smallest absolute Gasteiger partial charge is 0.262 e. The predicted molar refractivity (Wildman–Crippen MR) is 124 cm³/mol. The molecule has 7 heteroatoms. The molecule has 0 aromatic heterocycles. The van der Waals surface area contributed by atoms with Gasteiger partial charge in [0.15, 0.2) is 0 Å². The van der Waals surface area contributed by atoms with Crippen molar-refractivity contribution < 1.29 is 18.7 Å². The lowest BCUT2D eigenvalue weighted by molar-refractivity contribution is -0.144. The van der Waals surface area contributed by atoms with Crippen LogP contribution >= 0.6 is 0 Å². The first-order valence-electron chi connectivity index (χ1n) is 11.6. The van der Waals surface area contributed by atoms with Crippen molar-refractivity contribution in [3.05, 3.63) is 71.5 Å². The van der Waals surface area contributed by atoms with Crippen molar-refractivity contribution in [3.63, 3.8) is 0 Å². The van der Waals surface area contributed by atoms with Gasteiger partial charge in [0.05, 0.1) is 18.4 Å². The van der Waals surface area contributed by atoms with Crippen LogP contribution < -0.4 is 0 Å². The minimum absolute atomic E-state index is 0.00617. The van der Waals surface area contributed by atoms with Crippen LogP contribution in [0.3, 0.4) is 0 Å². The van der Waals surface area contributed by atoms with Crippen LogP contribution in [0.15, 0.2) is 59.7 Å². The van der Waals surface area contributed by atoms with E-state index < -0.39 is 0 Å². The molecule has 0 spiro atoms. The van der Waals surface area contributed by atoms with Gasteiger partial charge in [-0.15, -0.1) is 0 Å². The SMILES string of the molecule is COCCN(CC(=O)N1N=C(c2ccccc2F)CC1c1ccccc1)C(=O)C1CCCC1.